The number of unbranched alkanes of at least 4 members (excludes halogenated alkanes) is 7. The molecule has 40 heavy (non-hydrogen) atoms. The molecule has 0 aromatic heterocycles. The summed E-state index contributed by atoms with van der Waals surface area (Å²) in [6.45, 7) is 1.56. The number of ether oxygens (including phenoxy) is 2. The maximum Gasteiger partial charge on any atom is 0.472 e. The van der Waals surface area contributed by atoms with Crippen molar-refractivity contribution < 1.29 is 47.5 Å². The van der Waals surface area contributed by atoms with Crippen molar-refractivity contribution >= 4 is 25.7 Å². The number of esters is 2. The zero-order chi connectivity index (χ0) is 30.1. The first kappa shape index (κ1) is 37.7. The molecule has 0 fully saturated rings. The van der Waals surface area contributed by atoms with Crippen LogP contribution in [0.1, 0.15) is 90.9 Å². The van der Waals surface area contributed by atoms with E-state index in [1.165, 1.54) is 6.42 Å². The highest BCUT2D eigenvalue weighted by Gasteiger charge is 2.27. The third-order valence-electron chi connectivity index (χ3n) is 5.46. The lowest BCUT2D eigenvalue weighted by Gasteiger charge is -2.20. The van der Waals surface area contributed by atoms with Crippen LogP contribution in [0.25, 0.3) is 0 Å². The van der Waals surface area contributed by atoms with Gasteiger partial charge in [0.05, 0.1) is 13.2 Å². The Morgan fingerprint density at radius 3 is 1.98 bits per heavy atom. The van der Waals surface area contributed by atoms with Crippen molar-refractivity contribution in [3.8, 4) is 0 Å². The molecule has 0 amide bonds. The summed E-state index contributed by atoms with van der Waals surface area (Å²) in [7, 11) is -4.67. The van der Waals surface area contributed by atoms with Crippen LogP contribution in [-0.4, -0.2) is 59.9 Å². The lowest BCUT2D eigenvalue weighted by atomic mass is 10.1. The number of phosphoric ester groups is 1. The predicted octanol–water partition coefficient (Wildman–Crippen LogP) is 5.38. The normalized spacial score (nSPS) is 14.9. The van der Waals surface area contributed by atoms with Gasteiger partial charge in [0, 0.05) is 13.3 Å². The zero-order valence-electron chi connectivity index (χ0n) is 23.9. The molecule has 0 radical (unpaired) electrons. The number of hydrogen-bond donors (Lipinski definition) is 3. The third kappa shape index (κ3) is 24.7. The van der Waals surface area contributed by atoms with E-state index >= 15 is 0 Å². The molecule has 0 bridgehead atoms. The van der Waals surface area contributed by atoms with Gasteiger partial charge in [-0.15, -0.1) is 0 Å². The lowest BCUT2D eigenvalue weighted by Crippen LogP contribution is -2.34. The van der Waals surface area contributed by atoms with E-state index in [2.05, 4.69) is 47.9 Å². The molecule has 12 heteroatoms. The monoisotopic (exact) mass is 589 g/mol. The largest absolute Gasteiger partial charge is 0.480 e. The van der Waals surface area contributed by atoms with Crippen molar-refractivity contribution in [2.45, 2.75) is 103 Å². The van der Waals surface area contributed by atoms with E-state index in [0.29, 0.717) is 6.42 Å². The van der Waals surface area contributed by atoms with E-state index in [-0.39, 0.29) is 13.0 Å². The second kappa shape index (κ2) is 24.5. The quantitative estimate of drug-likeness (QED) is 0.0540. The fourth-order valence-electron chi connectivity index (χ4n) is 3.27. The summed E-state index contributed by atoms with van der Waals surface area (Å²) in [6.07, 6.45) is 23.3. The van der Waals surface area contributed by atoms with Crippen LogP contribution in [0, 0.1) is 0 Å². The van der Waals surface area contributed by atoms with Gasteiger partial charge in [0.1, 0.15) is 12.6 Å². The van der Waals surface area contributed by atoms with Crippen LogP contribution >= 0.6 is 7.82 Å². The minimum absolute atomic E-state index is 0.144. The Labute approximate surface area is 238 Å². The number of carbonyl (C=O) groups is 3. The smallest absolute Gasteiger partial charge is 0.472 e. The van der Waals surface area contributed by atoms with Crippen molar-refractivity contribution in [1.82, 2.24) is 0 Å². The van der Waals surface area contributed by atoms with E-state index in [4.69, 9.17) is 24.8 Å². The minimum Gasteiger partial charge on any atom is -0.480 e. The fourth-order valence-corrected chi connectivity index (χ4v) is 4.05. The summed E-state index contributed by atoms with van der Waals surface area (Å²) in [5.74, 6) is -2.60. The predicted molar refractivity (Wildman–Crippen MR) is 152 cm³/mol. The molecule has 3 atom stereocenters. The number of nitrogens with two attached hydrogens (primary N) is 1. The second-order valence-corrected chi connectivity index (χ2v) is 10.7. The average molecular weight is 590 g/mol. The van der Waals surface area contributed by atoms with E-state index < -0.39 is 51.1 Å². The molecule has 0 aliphatic rings. The molecule has 0 aliphatic heterocycles. The Morgan fingerprint density at radius 2 is 1.38 bits per heavy atom. The van der Waals surface area contributed by atoms with E-state index in [1.807, 2.05) is 0 Å². The highest BCUT2D eigenvalue weighted by atomic mass is 31.2. The molecule has 0 aliphatic carbocycles. The van der Waals surface area contributed by atoms with Gasteiger partial charge in [-0.25, -0.2) is 4.57 Å². The number of carboxylic acid groups (broad SMARTS) is 1. The molecule has 230 valence electrons. The number of hydrogen-bond acceptors (Lipinski definition) is 9. The molecular formula is C28H48NO10P. The molecule has 0 saturated heterocycles. The zero-order valence-corrected chi connectivity index (χ0v) is 24.8. The van der Waals surface area contributed by atoms with Crippen LogP contribution in [-0.2, 0) is 37.5 Å². The number of carboxylic acids is 1. The van der Waals surface area contributed by atoms with Gasteiger partial charge < -0.3 is 25.2 Å². The van der Waals surface area contributed by atoms with Crippen molar-refractivity contribution in [2.75, 3.05) is 19.8 Å². The van der Waals surface area contributed by atoms with Crippen LogP contribution in [0.4, 0.5) is 0 Å². The summed E-state index contributed by atoms with van der Waals surface area (Å²) >= 11 is 0. The maximum absolute atomic E-state index is 12.2. The van der Waals surface area contributed by atoms with Gasteiger partial charge in [0.15, 0.2) is 6.10 Å². The maximum atomic E-state index is 12.2. The summed E-state index contributed by atoms with van der Waals surface area (Å²) in [5.41, 5.74) is 5.22. The van der Waals surface area contributed by atoms with Crippen molar-refractivity contribution in [2.24, 2.45) is 5.73 Å². The van der Waals surface area contributed by atoms with Gasteiger partial charge in [-0.1, -0.05) is 75.5 Å². The van der Waals surface area contributed by atoms with Gasteiger partial charge in [-0.3, -0.25) is 23.4 Å². The Morgan fingerprint density at radius 1 is 0.825 bits per heavy atom. The van der Waals surface area contributed by atoms with E-state index in [0.717, 1.165) is 64.7 Å². The number of rotatable bonds is 25. The summed E-state index contributed by atoms with van der Waals surface area (Å²) in [4.78, 5) is 43.7. The summed E-state index contributed by atoms with van der Waals surface area (Å²) in [6, 6.07) is -1.52. The Kier molecular flexibility index (Phi) is 23.1. The third-order valence-corrected chi connectivity index (χ3v) is 6.41. The van der Waals surface area contributed by atoms with E-state index in [1.54, 1.807) is 0 Å². The van der Waals surface area contributed by atoms with Gasteiger partial charge in [-0.2, -0.15) is 0 Å². The summed E-state index contributed by atoms with van der Waals surface area (Å²) in [5, 5.41) is 8.71. The van der Waals surface area contributed by atoms with Crippen molar-refractivity contribution in [1.29, 1.82) is 0 Å². The SMILES string of the molecule is CC/C=C\C/C=C\C/C=C\CCCCCCCCCC(=O)OC(COC(C)=O)COP(=O)(O)OCC(N)C(=O)O. The number of phosphoric acid groups is 1. The Hall–Kier alpha value is -2.30. The number of aliphatic carboxylic acids is 1. The molecule has 0 rings (SSSR count). The van der Waals surface area contributed by atoms with Crippen LogP contribution in [0.2, 0.25) is 0 Å². The molecule has 0 saturated carbocycles. The standard InChI is InChI=1S/C28H48NO10P/c1-3-4-5-6-7-8-9-10-11-12-13-14-15-16-17-18-19-20-27(31)39-25(21-36-24(2)30)22-37-40(34,35)38-23-26(29)28(32)33/h4-5,7-8,10-11,25-26H,3,6,9,12-23,29H2,1-2H3,(H,32,33)(H,34,35)/b5-4-,8-7-,11-10-. The highest BCUT2D eigenvalue weighted by molar-refractivity contribution is 7.47. The number of carbonyl (C=O) groups excluding carboxylic acids is 2. The van der Waals surface area contributed by atoms with Gasteiger partial charge in [0.2, 0.25) is 0 Å². The van der Waals surface area contributed by atoms with Crippen molar-refractivity contribution in [3.05, 3.63) is 36.5 Å². The highest BCUT2D eigenvalue weighted by Crippen LogP contribution is 2.43. The van der Waals surface area contributed by atoms with Gasteiger partial charge in [-0.05, 0) is 38.5 Å². The average Bonchev–Trinajstić information content (AvgIpc) is 2.90. The Bertz CT molecular complexity index is 843. The summed E-state index contributed by atoms with van der Waals surface area (Å²) < 4.78 is 31.3. The molecule has 0 heterocycles. The van der Waals surface area contributed by atoms with Crippen LogP contribution in [0.15, 0.2) is 36.5 Å². The molecular weight excluding hydrogens is 541 g/mol. The Balaban J connectivity index is 4.06. The minimum atomic E-state index is -4.67. The first-order valence-corrected chi connectivity index (χ1v) is 15.4. The molecule has 0 spiro atoms. The second-order valence-electron chi connectivity index (χ2n) is 9.23. The molecule has 0 aromatic carbocycles. The first-order valence-electron chi connectivity index (χ1n) is 14.0. The van der Waals surface area contributed by atoms with Gasteiger partial charge in [0.25, 0.3) is 0 Å². The van der Waals surface area contributed by atoms with Crippen LogP contribution in [0.5, 0.6) is 0 Å². The van der Waals surface area contributed by atoms with Gasteiger partial charge >= 0.3 is 25.7 Å². The molecule has 11 nitrogen and oxygen atoms in total. The first-order chi connectivity index (χ1) is 19.1. The molecule has 4 N–H and O–H groups in total. The fraction of sp³-hybridized carbons (Fsp3) is 0.679. The van der Waals surface area contributed by atoms with E-state index in [9.17, 15) is 23.8 Å². The molecule has 0 aromatic rings. The molecule has 3 unspecified atom stereocenters. The van der Waals surface area contributed by atoms with Crippen molar-refractivity contribution in [3.63, 3.8) is 0 Å². The number of allylic oxidation sites excluding steroid dienone is 6. The van der Waals surface area contributed by atoms with Crippen LogP contribution < -0.4 is 5.73 Å². The topological polar surface area (TPSA) is 172 Å². The van der Waals surface area contributed by atoms with Crippen LogP contribution in [0.3, 0.4) is 0 Å². The lowest BCUT2D eigenvalue weighted by molar-refractivity contribution is -0.160.